The Bertz CT molecular complexity index is 417. The van der Waals surface area contributed by atoms with Crippen LogP contribution in [-0.4, -0.2) is 32.1 Å². The van der Waals surface area contributed by atoms with Crippen LogP contribution in [0.5, 0.6) is 5.75 Å². The van der Waals surface area contributed by atoms with Crippen LogP contribution in [0.25, 0.3) is 0 Å². The number of benzene rings is 1. The van der Waals surface area contributed by atoms with Crippen LogP contribution in [-0.2, 0) is 4.79 Å². The summed E-state index contributed by atoms with van der Waals surface area (Å²) >= 11 is 0. The number of carbonyl (C=O) groups excluding carboxylic acids is 1. The van der Waals surface area contributed by atoms with Crippen molar-refractivity contribution < 1.29 is 9.53 Å². The molecule has 1 amide bonds. The van der Waals surface area contributed by atoms with Gasteiger partial charge in [0.15, 0.2) is 0 Å². The van der Waals surface area contributed by atoms with Crippen LogP contribution in [0.4, 0.5) is 0 Å². The van der Waals surface area contributed by atoms with Crippen molar-refractivity contribution in [3.05, 3.63) is 29.8 Å². The molecule has 0 aromatic heterocycles. The fraction of sp³-hybridized carbons (Fsp3) is 0.562. The Morgan fingerprint density at radius 2 is 2.14 bits per heavy atom. The molecule has 21 heavy (non-hydrogen) atoms. The molecule has 1 atom stereocenters. The number of hydrogen-bond acceptors (Lipinski definition) is 3. The van der Waals surface area contributed by atoms with Gasteiger partial charge < -0.3 is 15.4 Å². The van der Waals surface area contributed by atoms with E-state index in [0.29, 0.717) is 13.2 Å². The number of carbonyl (C=O) groups is 1. The van der Waals surface area contributed by atoms with E-state index in [-0.39, 0.29) is 24.2 Å². The minimum Gasteiger partial charge on any atom is -0.494 e. The SMILES string of the molecule is Cc1ccc(OCCCNC(=O)C2CCCNC2)cc1.Cl. The number of nitrogens with one attached hydrogen (secondary N) is 2. The number of rotatable bonds is 6. The Morgan fingerprint density at radius 1 is 1.38 bits per heavy atom. The molecule has 1 unspecified atom stereocenters. The van der Waals surface area contributed by atoms with Crippen LogP contribution in [0.1, 0.15) is 24.8 Å². The highest BCUT2D eigenvalue weighted by molar-refractivity contribution is 5.85. The first kappa shape index (κ1) is 17.8. The molecule has 0 radical (unpaired) electrons. The zero-order valence-electron chi connectivity index (χ0n) is 12.6. The summed E-state index contributed by atoms with van der Waals surface area (Å²) in [7, 11) is 0. The maximum atomic E-state index is 11.9. The number of amides is 1. The Kier molecular flexibility index (Phi) is 8.16. The molecule has 2 N–H and O–H groups in total. The van der Waals surface area contributed by atoms with Gasteiger partial charge in [-0.2, -0.15) is 0 Å². The second-order valence-electron chi connectivity index (χ2n) is 5.35. The molecule has 1 saturated heterocycles. The maximum Gasteiger partial charge on any atom is 0.224 e. The quantitative estimate of drug-likeness (QED) is 0.793. The van der Waals surface area contributed by atoms with Crippen molar-refractivity contribution in [2.75, 3.05) is 26.2 Å². The number of halogens is 1. The van der Waals surface area contributed by atoms with E-state index in [4.69, 9.17) is 4.74 Å². The highest BCUT2D eigenvalue weighted by Gasteiger charge is 2.19. The van der Waals surface area contributed by atoms with E-state index in [1.54, 1.807) is 0 Å². The van der Waals surface area contributed by atoms with Crippen molar-refractivity contribution in [2.24, 2.45) is 5.92 Å². The van der Waals surface area contributed by atoms with Crippen LogP contribution in [0.2, 0.25) is 0 Å². The van der Waals surface area contributed by atoms with Crippen LogP contribution in [0.3, 0.4) is 0 Å². The lowest BCUT2D eigenvalue weighted by molar-refractivity contribution is -0.125. The lowest BCUT2D eigenvalue weighted by atomic mass is 9.99. The lowest BCUT2D eigenvalue weighted by Gasteiger charge is -2.21. The Morgan fingerprint density at radius 3 is 2.81 bits per heavy atom. The fourth-order valence-corrected chi connectivity index (χ4v) is 2.33. The normalized spacial score (nSPS) is 17.7. The van der Waals surface area contributed by atoms with E-state index in [0.717, 1.165) is 38.1 Å². The highest BCUT2D eigenvalue weighted by Crippen LogP contribution is 2.11. The van der Waals surface area contributed by atoms with Gasteiger partial charge in [0, 0.05) is 13.1 Å². The van der Waals surface area contributed by atoms with Gasteiger partial charge in [0.2, 0.25) is 5.91 Å². The summed E-state index contributed by atoms with van der Waals surface area (Å²) < 4.78 is 5.62. The molecule has 1 aliphatic rings. The first-order valence-corrected chi connectivity index (χ1v) is 7.43. The monoisotopic (exact) mass is 312 g/mol. The average molecular weight is 313 g/mol. The van der Waals surface area contributed by atoms with E-state index >= 15 is 0 Å². The summed E-state index contributed by atoms with van der Waals surface area (Å²) in [5.41, 5.74) is 1.23. The standard InChI is InChI=1S/C16H24N2O2.ClH/c1-13-5-7-15(8-6-13)20-11-3-10-18-16(19)14-4-2-9-17-12-14;/h5-8,14,17H,2-4,9-12H2,1H3,(H,18,19);1H. The van der Waals surface area contributed by atoms with Crippen molar-refractivity contribution in [2.45, 2.75) is 26.2 Å². The van der Waals surface area contributed by atoms with Crippen molar-refractivity contribution in [3.63, 3.8) is 0 Å². The van der Waals surface area contributed by atoms with Gasteiger partial charge in [-0.3, -0.25) is 4.79 Å². The second kappa shape index (κ2) is 9.64. The molecule has 2 rings (SSSR count). The van der Waals surface area contributed by atoms with Gasteiger partial charge >= 0.3 is 0 Å². The third-order valence-electron chi connectivity index (χ3n) is 3.58. The van der Waals surface area contributed by atoms with Crippen molar-refractivity contribution >= 4 is 18.3 Å². The first-order chi connectivity index (χ1) is 9.75. The predicted molar refractivity (Wildman–Crippen MR) is 87.1 cm³/mol. The van der Waals surface area contributed by atoms with Crippen LogP contribution >= 0.6 is 12.4 Å². The van der Waals surface area contributed by atoms with Gasteiger partial charge in [-0.15, -0.1) is 12.4 Å². The van der Waals surface area contributed by atoms with Crippen LogP contribution < -0.4 is 15.4 Å². The van der Waals surface area contributed by atoms with Crippen LogP contribution in [0.15, 0.2) is 24.3 Å². The predicted octanol–water partition coefficient (Wildman–Crippen LogP) is 2.30. The number of hydrogen-bond donors (Lipinski definition) is 2. The molecule has 0 aliphatic carbocycles. The van der Waals surface area contributed by atoms with Gasteiger partial charge in [-0.05, 0) is 44.9 Å². The van der Waals surface area contributed by atoms with Gasteiger partial charge in [-0.25, -0.2) is 0 Å². The van der Waals surface area contributed by atoms with E-state index in [2.05, 4.69) is 17.6 Å². The lowest BCUT2D eigenvalue weighted by Crippen LogP contribution is -2.40. The zero-order chi connectivity index (χ0) is 14.2. The third kappa shape index (κ3) is 6.36. The number of aryl methyl sites for hydroxylation is 1. The second-order valence-corrected chi connectivity index (χ2v) is 5.35. The van der Waals surface area contributed by atoms with Crippen molar-refractivity contribution in [3.8, 4) is 5.75 Å². The molecule has 4 nitrogen and oxygen atoms in total. The fourth-order valence-electron chi connectivity index (χ4n) is 2.33. The number of ether oxygens (including phenoxy) is 1. The van der Waals surface area contributed by atoms with E-state index in [1.165, 1.54) is 5.56 Å². The summed E-state index contributed by atoms with van der Waals surface area (Å²) in [6.07, 6.45) is 2.92. The molecular weight excluding hydrogens is 288 g/mol. The van der Waals surface area contributed by atoms with Gasteiger partial charge in [0.25, 0.3) is 0 Å². The number of piperidine rings is 1. The molecule has 5 heteroatoms. The Balaban J connectivity index is 0.00000220. The largest absolute Gasteiger partial charge is 0.494 e. The first-order valence-electron chi connectivity index (χ1n) is 7.43. The molecule has 0 bridgehead atoms. The van der Waals surface area contributed by atoms with Crippen molar-refractivity contribution in [1.29, 1.82) is 0 Å². The average Bonchev–Trinajstić information content (AvgIpc) is 2.49. The molecule has 0 saturated carbocycles. The molecule has 1 aromatic carbocycles. The molecule has 118 valence electrons. The molecular formula is C16H25ClN2O2. The van der Waals surface area contributed by atoms with E-state index in [1.807, 2.05) is 24.3 Å². The van der Waals surface area contributed by atoms with Gasteiger partial charge in [0.1, 0.15) is 5.75 Å². The van der Waals surface area contributed by atoms with Gasteiger partial charge in [0.05, 0.1) is 12.5 Å². The molecule has 1 fully saturated rings. The topological polar surface area (TPSA) is 50.4 Å². The minimum atomic E-state index is 0. The Hall–Kier alpha value is -1.26. The van der Waals surface area contributed by atoms with E-state index < -0.39 is 0 Å². The van der Waals surface area contributed by atoms with Gasteiger partial charge in [-0.1, -0.05) is 17.7 Å². The molecule has 1 aromatic rings. The maximum absolute atomic E-state index is 11.9. The Labute approximate surface area is 133 Å². The molecule has 0 spiro atoms. The summed E-state index contributed by atoms with van der Waals surface area (Å²) in [4.78, 5) is 11.9. The third-order valence-corrected chi connectivity index (χ3v) is 3.58. The molecule has 1 aliphatic heterocycles. The molecule has 1 heterocycles. The summed E-state index contributed by atoms with van der Waals surface area (Å²) in [6, 6.07) is 8.02. The van der Waals surface area contributed by atoms with E-state index in [9.17, 15) is 4.79 Å². The smallest absolute Gasteiger partial charge is 0.224 e. The van der Waals surface area contributed by atoms with Crippen molar-refractivity contribution in [1.82, 2.24) is 10.6 Å². The minimum absolute atomic E-state index is 0. The summed E-state index contributed by atoms with van der Waals surface area (Å²) in [5.74, 6) is 1.20. The van der Waals surface area contributed by atoms with Crippen LogP contribution in [0, 0.1) is 12.8 Å². The highest BCUT2D eigenvalue weighted by atomic mass is 35.5. The summed E-state index contributed by atoms with van der Waals surface area (Å²) in [6.45, 7) is 5.22. The zero-order valence-corrected chi connectivity index (χ0v) is 13.4. The summed E-state index contributed by atoms with van der Waals surface area (Å²) in [5, 5.41) is 6.25.